The van der Waals surface area contributed by atoms with Gasteiger partial charge >= 0.3 is 0 Å². The molecule has 22 heavy (non-hydrogen) atoms. The maximum Gasteiger partial charge on any atom is 0.134 e. The molecule has 0 aliphatic carbocycles. The van der Waals surface area contributed by atoms with Gasteiger partial charge in [0.25, 0.3) is 0 Å². The topological polar surface area (TPSA) is 35.6 Å². The third-order valence-electron chi connectivity index (χ3n) is 3.73. The Morgan fingerprint density at radius 1 is 0.955 bits per heavy atom. The summed E-state index contributed by atoms with van der Waals surface area (Å²) in [5, 5.41) is 0. The van der Waals surface area contributed by atoms with E-state index in [1.54, 1.807) is 0 Å². The summed E-state index contributed by atoms with van der Waals surface area (Å²) in [7, 11) is 0. The lowest BCUT2D eigenvalue weighted by atomic mass is 10.3. The monoisotopic (exact) mass is 288 g/mol. The number of nitrogens with zero attached hydrogens (tertiary/aromatic N) is 4. The summed E-state index contributed by atoms with van der Waals surface area (Å²) in [6.45, 7) is 2.70. The zero-order valence-corrected chi connectivity index (χ0v) is 12.3. The number of aryl methyl sites for hydroxylation is 1. The van der Waals surface area contributed by atoms with Crippen LogP contribution in [0.25, 0.3) is 16.7 Å². The van der Waals surface area contributed by atoms with E-state index in [1.165, 1.54) is 0 Å². The standard InChI is InChI=1S/C18H16N4/c1-14-11-21(13-19-14)12-18-20-16-9-5-6-10-17(16)22(18)15-7-3-2-4-8-15/h2-11,13H,12H2,1H3. The maximum absolute atomic E-state index is 4.81. The zero-order chi connectivity index (χ0) is 14.9. The third kappa shape index (κ3) is 2.19. The molecule has 2 aromatic heterocycles. The molecule has 0 N–H and O–H groups in total. The Morgan fingerprint density at radius 2 is 1.73 bits per heavy atom. The number of fused-ring (bicyclic) bond motifs is 1. The number of hydrogen-bond acceptors (Lipinski definition) is 2. The lowest BCUT2D eigenvalue weighted by molar-refractivity contribution is 0.733. The molecule has 2 heterocycles. The molecule has 0 aliphatic rings. The highest BCUT2D eigenvalue weighted by Gasteiger charge is 2.12. The molecule has 108 valence electrons. The Balaban J connectivity index is 1.90. The quantitative estimate of drug-likeness (QED) is 0.577. The molecule has 4 rings (SSSR count). The molecule has 2 aromatic carbocycles. The summed E-state index contributed by atoms with van der Waals surface area (Å²) >= 11 is 0. The molecule has 0 spiro atoms. The summed E-state index contributed by atoms with van der Waals surface area (Å²) in [6.07, 6.45) is 3.89. The average Bonchev–Trinajstić information content (AvgIpc) is 3.11. The fourth-order valence-electron chi connectivity index (χ4n) is 2.77. The van der Waals surface area contributed by atoms with Gasteiger partial charge in [-0.15, -0.1) is 0 Å². The van der Waals surface area contributed by atoms with Gasteiger partial charge in [-0.05, 0) is 31.2 Å². The third-order valence-corrected chi connectivity index (χ3v) is 3.73. The van der Waals surface area contributed by atoms with Crippen molar-refractivity contribution in [3.8, 4) is 5.69 Å². The molecule has 0 aliphatic heterocycles. The molecule has 0 bridgehead atoms. The van der Waals surface area contributed by atoms with E-state index in [1.807, 2.05) is 31.6 Å². The van der Waals surface area contributed by atoms with Crippen LogP contribution in [-0.2, 0) is 6.54 Å². The van der Waals surface area contributed by atoms with Crippen LogP contribution < -0.4 is 0 Å². The van der Waals surface area contributed by atoms with Gasteiger partial charge in [0.1, 0.15) is 5.82 Å². The van der Waals surface area contributed by atoms with Crippen molar-refractivity contribution in [3.63, 3.8) is 0 Å². The van der Waals surface area contributed by atoms with E-state index < -0.39 is 0 Å². The van der Waals surface area contributed by atoms with Crippen molar-refractivity contribution in [1.82, 2.24) is 19.1 Å². The predicted octanol–water partition coefficient (Wildman–Crippen LogP) is 3.58. The molecule has 4 aromatic rings. The van der Waals surface area contributed by atoms with E-state index in [4.69, 9.17) is 4.98 Å². The van der Waals surface area contributed by atoms with Crippen LogP contribution in [0.3, 0.4) is 0 Å². The van der Waals surface area contributed by atoms with Gasteiger partial charge in [-0.2, -0.15) is 0 Å². The zero-order valence-electron chi connectivity index (χ0n) is 12.3. The summed E-state index contributed by atoms with van der Waals surface area (Å²) in [6, 6.07) is 18.6. The van der Waals surface area contributed by atoms with Crippen LogP contribution in [0.15, 0.2) is 67.1 Å². The number of para-hydroxylation sites is 3. The normalized spacial score (nSPS) is 11.1. The fourth-order valence-corrected chi connectivity index (χ4v) is 2.77. The van der Waals surface area contributed by atoms with Crippen molar-refractivity contribution in [2.45, 2.75) is 13.5 Å². The van der Waals surface area contributed by atoms with Crippen molar-refractivity contribution >= 4 is 11.0 Å². The number of benzene rings is 2. The van der Waals surface area contributed by atoms with Gasteiger partial charge in [-0.3, -0.25) is 4.57 Å². The van der Waals surface area contributed by atoms with E-state index in [9.17, 15) is 0 Å². The Bertz CT molecular complexity index is 919. The maximum atomic E-state index is 4.81. The Kier molecular flexibility index (Phi) is 3.00. The summed E-state index contributed by atoms with van der Waals surface area (Å²) in [4.78, 5) is 9.10. The lowest BCUT2D eigenvalue weighted by Gasteiger charge is -2.09. The molecular weight excluding hydrogens is 272 g/mol. The van der Waals surface area contributed by atoms with E-state index in [-0.39, 0.29) is 0 Å². The van der Waals surface area contributed by atoms with E-state index in [0.717, 1.165) is 28.2 Å². The van der Waals surface area contributed by atoms with Crippen LogP contribution in [-0.4, -0.2) is 19.1 Å². The first kappa shape index (κ1) is 12.8. The van der Waals surface area contributed by atoms with Crippen LogP contribution in [0.1, 0.15) is 11.5 Å². The molecule has 0 radical (unpaired) electrons. The molecule has 4 nitrogen and oxygen atoms in total. The fraction of sp³-hybridized carbons (Fsp3) is 0.111. The van der Waals surface area contributed by atoms with Crippen LogP contribution in [0.4, 0.5) is 0 Å². The average molecular weight is 288 g/mol. The predicted molar refractivity (Wildman–Crippen MR) is 87.1 cm³/mol. The first-order valence-corrected chi connectivity index (χ1v) is 7.31. The SMILES string of the molecule is Cc1cn(Cc2nc3ccccc3n2-c2ccccc2)cn1. The van der Waals surface area contributed by atoms with E-state index in [2.05, 4.69) is 56.6 Å². The van der Waals surface area contributed by atoms with Gasteiger partial charge in [-0.1, -0.05) is 30.3 Å². The number of rotatable bonds is 3. The van der Waals surface area contributed by atoms with Crippen molar-refractivity contribution in [3.05, 3.63) is 78.6 Å². The Morgan fingerprint density at radius 3 is 2.50 bits per heavy atom. The molecular formula is C18H16N4. The first-order chi connectivity index (χ1) is 10.8. The molecule has 4 heteroatoms. The van der Waals surface area contributed by atoms with Gasteiger partial charge in [-0.25, -0.2) is 9.97 Å². The lowest BCUT2D eigenvalue weighted by Crippen LogP contribution is -2.06. The van der Waals surface area contributed by atoms with Crippen molar-refractivity contribution in [2.24, 2.45) is 0 Å². The van der Waals surface area contributed by atoms with Gasteiger partial charge in [0.05, 0.1) is 29.6 Å². The van der Waals surface area contributed by atoms with Crippen LogP contribution in [0.5, 0.6) is 0 Å². The van der Waals surface area contributed by atoms with Crippen molar-refractivity contribution in [2.75, 3.05) is 0 Å². The van der Waals surface area contributed by atoms with Gasteiger partial charge in [0.15, 0.2) is 0 Å². The number of hydrogen-bond donors (Lipinski definition) is 0. The summed E-state index contributed by atoms with van der Waals surface area (Å²) in [5.41, 5.74) is 4.28. The molecule has 0 saturated carbocycles. The highest BCUT2D eigenvalue weighted by atomic mass is 15.1. The highest BCUT2D eigenvalue weighted by Crippen LogP contribution is 2.22. The van der Waals surface area contributed by atoms with Crippen molar-refractivity contribution in [1.29, 1.82) is 0 Å². The van der Waals surface area contributed by atoms with Gasteiger partial charge in [0.2, 0.25) is 0 Å². The summed E-state index contributed by atoms with van der Waals surface area (Å²) < 4.78 is 4.28. The highest BCUT2D eigenvalue weighted by molar-refractivity contribution is 5.78. The number of imidazole rings is 2. The Labute approximate surface area is 128 Å². The first-order valence-electron chi connectivity index (χ1n) is 7.31. The second-order valence-corrected chi connectivity index (χ2v) is 5.38. The molecule has 0 amide bonds. The number of aromatic nitrogens is 4. The Hall–Kier alpha value is -2.88. The van der Waals surface area contributed by atoms with Crippen LogP contribution in [0, 0.1) is 6.92 Å². The minimum Gasteiger partial charge on any atom is -0.330 e. The molecule has 0 unspecified atom stereocenters. The van der Waals surface area contributed by atoms with E-state index in [0.29, 0.717) is 6.54 Å². The minimum atomic E-state index is 0.699. The molecule has 0 atom stereocenters. The minimum absolute atomic E-state index is 0.699. The van der Waals surface area contributed by atoms with E-state index >= 15 is 0 Å². The molecule has 0 fully saturated rings. The van der Waals surface area contributed by atoms with Crippen LogP contribution >= 0.6 is 0 Å². The smallest absolute Gasteiger partial charge is 0.134 e. The molecule has 0 saturated heterocycles. The van der Waals surface area contributed by atoms with Gasteiger partial charge < -0.3 is 4.57 Å². The van der Waals surface area contributed by atoms with Crippen LogP contribution in [0.2, 0.25) is 0 Å². The largest absolute Gasteiger partial charge is 0.330 e. The second-order valence-electron chi connectivity index (χ2n) is 5.38. The van der Waals surface area contributed by atoms with Gasteiger partial charge in [0, 0.05) is 11.9 Å². The summed E-state index contributed by atoms with van der Waals surface area (Å²) in [5.74, 6) is 1.00. The van der Waals surface area contributed by atoms with Crippen molar-refractivity contribution < 1.29 is 0 Å². The second kappa shape index (κ2) is 5.15.